The Bertz CT molecular complexity index is 374. The molecule has 0 saturated heterocycles. The predicted octanol–water partition coefficient (Wildman–Crippen LogP) is 5.00. The van der Waals surface area contributed by atoms with Crippen molar-refractivity contribution < 1.29 is 4.79 Å². The first-order chi connectivity index (χ1) is 7.54. The summed E-state index contributed by atoms with van der Waals surface area (Å²) in [5, 5.41) is 0.927. The fraction of sp³-hybridized carbons (Fsp3) is 0.462. The third-order valence-electron chi connectivity index (χ3n) is 2.80. The number of carbonyl (C=O) groups is 1. The summed E-state index contributed by atoms with van der Waals surface area (Å²) in [4.78, 5) is 11.8. The van der Waals surface area contributed by atoms with Crippen LogP contribution in [0.15, 0.2) is 18.2 Å². The van der Waals surface area contributed by atoms with E-state index < -0.39 is 0 Å². The van der Waals surface area contributed by atoms with Crippen molar-refractivity contribution in [3.63, 3.8) is 0 Å². The molecule has 0 bridgehead atoms. The van der Waals surface area contributed by atoms with Crippen LogP contribution in [-0.4, -0.2) is 5.78 Å². The largest absolute Gasteiger partial charge is 0.294 e. The van der Waals surface area contributed by atoms with E-state index in [9.17, 15) is 4.79 Å². The minimum atomic E-state index is 0.138. The molecule has 0 fully saturated rings. The van der Waals surface area contributed by atoms with Crippen LogP contribution < -0.4 is 0 Å². The van der Waals surface area contributed by atoms with Gasteiger partial charge in [0.2, 0.25) is 0 Å². The van der Waals surface area contributed by atoms with Gasteiger partial charge in [-0.15, -0.1) is 0 Å². The van der Waals surface area contributed by atoms with Gasteiger partial charge in [-0.3, -0.25) is 4.79 Å². The van der Waals surface area contributed by atoms with E-state index >= 15 is 0 Å². The third kappa shape index (κ3) is 3.80. The molecule has 0 aliphatic rings. The lowest BCUT2D eigenvalue weighted by atomic mass is 9.98. The van der Waals surface area contributed by atoms with Gasteiger partial charge in [0, 0.05) is 12.0 Å². The van der Waals surface area contributed by atoms with Crippen LogP contribution in [0.5, 0.6) is 0 Å². The summed E-state index contributed by atoms with van der Waals surface area (Å²) >= 11 is 11.7. The van der Waals surface area contributed by atoms with Crippen molar-refractivity contribution >= 4 is 29.0 Å². The van der Waals surface area contributed by atoms with Crippen molar-refractivity contribution in [3.8, 4) is 0 Å². The van der Waals surface area contributed by atoms with Gasteiger partial charge < -0.3 is 0 Å². The summed E-state index contributed by atoms with van der Waals surface area (Å²) < 4.78 is 0. The number of Topliss-reactive ketones (excluding diaryl/α,β-unsaturated/α-hetero) is 1. The molecule has 1 unspecified atom stereocenters. The van der Waals surface area contributed by atoms with Gasteiger partial charge >= 0.3 is 0 Å². The molecule has 3 heteroatoms. The Hall–Kier alpha value is -0.530. The fourth-order valence-electron chi connectivity index (χ4n) is 1.40. The second-order valence-corrected chi connectivity index (χ2v) is 4.92. The molecule has 0 amide bonds. The molecule has 1 atom stereocenters. The van der Waals surface area contributed by atoms with Crippen molar-refractivity contribution in [3.05, 3.63) is 33.8 Å². The minimum absolute atomic E-state index is 0.138. The standard InChI is InChI=1S/C13H16Cl2O/c1-3-9(2)4-7-13(16)10-5-6-11(14)12(15)8-10/h5-6,8-9H,3-4,7H2,1-2H3. The van der Waals surface area contributed by atoms with Crippen molar-refractivity contribution in [1.82, 2.24) is 0 Å². The van der Waals surface area contributed by atoms with E-state index in [0.717, 1.165) is 12.8 Å². The predicted molar refractivity (Wildman–Crippen MR) is 69.5 cm³/mol. The zero-order chi connectivity index (χ0) is 12.1. The molecule has 88 valence electrons. The summed E-state index contributed by atoms with van der Waals surface area (Å²) in [7, 11) is 0. The maximum absolute atomic E-state index is 11.8. The molecule has 0 radical (unpaired) electrons. The van der Waals surface area contributed by atoms with Crippen LogP contribution in [0.1, 0.15) is 43.5 Å². The minimum Gasteiger partial charge on any atom is -0.294 e. The molecule has 1 nitrogen and oxygen atoms in total. The molecule has 1 rings (SSSR count). The summed E-state index contributed by atoms with van der Waals surface area (Å²) in [6.45, 7) is 4.29. The monoisotopic (exact) mass is 258 g/mol. The Morgan fingerprint density at radius 3 is 2.56 bits per heavy atom. The second-order valence-electron chi connectivity index (χ2n) is 4.10. The van der Waals surface area contributed by atoms with Crippen LogP contribution in [-0.2, 0) is 0 Å². The lowest BCUT2D eigenvalue weighted by molar-refractivity contribution is 0.0974. The highest BCUT2D eigenvalue weighted by molar-refractivity contribution is 6.42. The van der Waals surface area contributed by atoms with E-state index in [2.05, 4.69) is 13.8 Å². The first-order valence-electron chi connectivity index (χ1n) is 5.52. The van der Waals surface area contributed by atoms with Gasteiger partial charge in [-0.25, -0.2) is 0 Å². The van der Waals surface area contributed by atoms with E-state index in [4.69, 9.17) is 23.2 Å². The topological polar surface area (TPSA) is 17.1 Å². The van der Waals surface area contributed by atoms with E-state index in [0.29, 0.717) is 27.9 Å². The third-order valence-corrected chi connectivity index (χ3v) is 3.54. The van der Waals surface area contributed by atoms with Crippen LogP contribution in [0.3, 0.4) is 0 Å². The average molecular weight is 259 g/mol. The van der Waals surface area contributed by atoms with Crippen LogP contribution in [0.2, 0.25) is 10.0 Å². The van der Waals surface area contributed by atoms with Gasteiger partial charge in [-0.1, -0.05) is 43.5 Å². The van der Waals surface area contributed by atoms with Gasteiger partial charge in [0.25, 0.3) is 0 Å². The molecule has 0 aliphatic carbocycles. The van der Waals surface area contributed by atoms with Crippen molar-refractivity contribution in [1.29, 1.82) is 0 Å². The number of hydrogen-bond acceptors (Lipinski definition) is 1. The van der Waals surface area contributed by atoms with Gasteiger partial charge in [0.1, 0.15) is 0 Å². The number of rotatable bonds is 5. The Morgan fingerprint density at radius 2 is 2.00 bits per heavy atom. The molecule has 0 spiro atoms. The molecule has 0 N–H and O–H groups in total. The Morgan fingerprint density at radius 1 is 1.31 bits per heavy atom. The zero-order valence-corrected chi connectivity index (χ0v) is 11.1. The molecule has 0 aromatic heterocycles. The highest BCUT2D eigenvalue weighted by Gasteiger charge is 2.09. The lowest BCUT2D eigenvalue weighted by Crippen LogP contribution is -2.02. The van der Waals surface area contributed by atoms with Crippen molar-refractivity contribution in [2.45, 2.75) is 33.1 Å². The van der Waals surface area contributed by atoms with E-state index in [1.165, 1.54) is 0 Å². The highest BCUT2D eigenvalue weighted by atomic mass is 35.5. The summed E-state index contributed by atoms with van der Waals surface area (Å²) in [5.41, 5.74) is 0.651. The normalized spacial score (nSPS) is 12.5. The smallest absolute Gasteiger partial charge is 0.162 e. The lowest BCUT2D eigenvalue weighted by Gasteiger charge is -2.07. The molecule has 1 aromatic rings. The molecule has 0 saturated carbocycles. The second kappa shape index (κ2) is 6.27. The summed E-state index contributed by atoms with van der Waals surface area (Å²) in [6, 6.07) is 5.04. The molecular weight excluding hydrogens is 243 g/mol. The van der Waals surface area contributed by atoms with Gasteiger partial charge in [0.05, 0.1) is 10.0 Å². The Kier molecular flexibility index (Phi) is 5.30. The van der Waals surface area contributed by atoms with Crippen LogP contribution in [0, 0.1) is 5.92 Å². The molecular formula is C13H16Cl2O. The van der Waals surface area contributed by atoms with E-state index in [-0.39, 0.29) is 5.78 Å². The number of ketones is 1. The number of halogens is 2. The molecule has 1 aromatic carbocycles. The van der Waals surface area contributed by atoms with E-state index in [1.54, 1.807) is 18.2 Å². The Balaban J connectivity index is 2.63. The van der Waals surface area contributed by atoms with Gasteiger partial charge in [-0.05, 0) is 30.5 Å². The highest BCUT2D eigenvalue weighted by Crippen LogP contribution is 2.23. The number of carbonyl (C=O) groups excluding carboxylic acids is 1. The van der Waals surface area contributed by atoms with E-state index in [1.807, 2.05) is 0 Å². The van der Waals surface area contributed by atoms with Crippen LogP contribution >= 0.6 is 23.2 Å². The first-order valence-corrected chi connectivity index (χ1v) is 6.28. The van der Waals surface area contributed by atoms with Gasteiger partial charge in [0.15, 0.2) is 5.78 Å². The SMILES string of the molecule is CCC(C)CCC(=O)c1ccc(Cl)c(Cl)c1. The number of benzene rings is 1. The van der Waals surface area contributed by atoms with Gasteiger partial charge in [-0.2, -0.15) is 0 Å². The quantitative estimate of drug-likeness (QED) is 0.680. The molecule has 0 aliphatic heterocycles. The number of hydrogen-bond donors (Lipinski definition) is 0. The molecule has 0 heterocycles. The maximum atomic E-state index is 11.8. The van der Waals surface area contributed by atoms with Crippen LogP contribution in [0.4, 0.5) is 0 Å². The van der Waals surface area contributed by atoms with Crippen molar-refractivity contribution in [2.75, 3.05) is 0 Å². The molecule has 16 heavy (non-hydrogen) atoms. The average Bonchev–Trinajstić information content (AvgIpc) is 2.29. The Labute approximate surface area is 107 Å². The summed E-state index contributed by atoms with van der Waals surface area (Å²) in [6.07, 6.45) is 2.61. The maximum Gasteiger partial charge on any atom is 0.162 e. The zero-order valence-electron chi connectivity index (χ0n) is 9.59. The van der Waals surface area contributed by atoms with Crippen LogP contribution in [0.25, 0.3) is 0 Å². The summed E-state index contributed by atoms with van der Waals surface area (Å²) in [5.74, 6) is 0.727. The van der Waals surface area contributed by atoms with Crippen molar-refractivity contribution in [2.24, 2.45) is 5.92 Å². The fourth-order valence-corrected chi connectivity index (χ4v) is 1.69. The first kappa shape index (κ1) is 13.5.